The Kier molecular flexibility index (Phi) is 41.8. The van der Waals surface area contributed by atoms with E-state index < -0.39 is 200 Å². The summed E-state index contributed by atoms with van der Waals surface area (Å²) in [6.07, 6.45) is 5.36. The van der Waals surface area contributed by atoms with Crippen molar-refractivity contribution in [1.82, 2.24) is 74.1 Å². The number of hydrogen-bond donors (Lipinski definition) is 21. The standard InChI is InChI=1S/C73H115N17O19/c1-9-11-12-13-14-18-25-56(93)88-59(40(3)4)70(105)84-49(28-31-74)62(97)78-37-57(94)80-54(38-91)68(103)86-53(35-45-36-77-47-24-20-19-23-46(45)47)67(102)87-55(39-92)69(104)83-50(29-32-75)63(98)82-51(30-33-76)64(99)85-52(34-44-21-16-15-17-22-44)66(101)81-48(26-27-58(95)96)65(100)89-60(41(5)6)71(106)90-61(42(7)10-2)72(107)79-43(8)73(108)109/h15-17,19-24,36,40-43,48-55,59-61,77,91-92H,9-14,18,25-35,37-39,74-76H2,1-8H3,(H,78,97)(H,79,107)(H,80,94)(H,81,101)(H,82,98)(H,83,104)(H,84,105)(H,85,99)(H,86,103)(H,87,102)(H,88,93)(H,89,100)(H,90,106)(H,95,96)(H,108,109)/t42-,43-,48-,49+,50-,51+,52-,53+,54+,55-,59+,60-,61+/m0/s1. The number of amides is 13. The van der Waals surface area contributed by atoms with Gasteiger partial charge in [0.25, 0.3) is 0 Å². The molecule has 3 aromatic rings. The first-order valence-corrected chi connectivity index (χ1v) is 37.0. The highest BCUT2D eigenvalue weighted by molar-refractivity contribution is 6.00. The topological polar surface area (TPSA) is 587 Å². The van der Waals surface area contributed by atoms with Gasteiger partial charge in [-0.2, -0.15) is 0 Å². The Morgan fingerprint density at radius 3 is 1.36 bits per heavy atom. The van der Waals surface area contributed by atoms with Crippen LogP contribution < -0.4 is 86.3 Å². The maximum atomic E-state index is 14.5. The van der Waals surface area contributed by atoms with Crippen LogP contribution in [0.4, 0.5) is 0 Å². The summed E-state index contributed by atoms with van der Waals surface area (Å²) < 4.78 is 0. The summed E-state index contributed by atoms with van der Waals surface area (Å²) in [6.45, 7) is 9.74. The minimum atomic E-state index is -1.87. The number of benzene rings is 2. The van der Waals surface area contributed by atoms with Gasteiger partial charge in [-0.3, -0.25) is 71.9 Å². The summed E-state index contributed by atoms with van der Waals surface area (Å²) in [6, 6.07) is -2.91. The van der Waals surface area contributed by atoms with Gasteiger partial charge >= 0.3 is 11.9 Å². The van der Waals surface area contributed by atoms with Crippen LogP contribution >= 0.6 is 0 Å². The summed E-state index contributed by atoms with van der Waals surface area (Å²) in [7, 11) is 0. The van der Waals surface area contributed by atoms with E-state index >= 15 is 0 Å². The van der Waals surface area contributed by atoms with Gasteiger partial charge in [0.2, 0.25) is 76.8 Å². The summed E-state index contributed by atoms with van der Waals surface area (Å²) in [4.78, 5) is 207. The fourth-order valence-electron chi connectivity index (χ4n) is 11.4. The van der Waals surface area contributed by atoms with E-state index in [2.05, 4.69) is 81.0 Å². The molecular weight excluding hydrogens is 1420 g/mol. The molecule has 1 aromatic heterocycles. The van der Waals surface area contributed by atoms with Crippen molar-refractivity contribution in [2.24, 2.45) is 35.0 Å². The summed E-state index contributed by atoms with van der Waals surface area (Å²) in [5, 5.41) is 73.1. The van der Waals surface area contributed by atoms with Crippen LogP contribution in [0.3, 0.4) is 0 Å². The van der Waals surface area contributed by atoms with E-state index in [1.165, 1.54) is 6.92 Å². The highest BCUT2D eigenvalue weighted by atomic mass is 16.4. The molecule has 0 saturated carbocycles. The first-order valence-electron chi connectivity index (χ1n) is 37.0. The van der Waals surface area contributed by atoms with Gasteiger partial charge in [0.15, 0.2) is 0 Å². The molecule has 0 aliphatic heterocycles. The molecule has 109 heavy (non-hydrogen) atoms. The number of carboxylic acids is 2. The molecule has 1 heterocycles. The van der Waals surface area contributed by atoms with Crippen LogP contribution in [0, 0.1) is 17.8 Å². The third-order valence-corrected chi connectivity index (χ3v) is 18.1. The third kappa shape index (κ3) is 32.3. The zero-order valence-corrected chi connectivity index (χ0v) is 63.4. The highest BCUT2D eigenvalue weighted by Gasteiger charge is 2.38. The number of fused-ring (bicyclic) bond motifs is 1. The molecule has 0 spiro atoms. The number of carboxylic acid groups (broad SMARTS) is 2. The van der Waals surface area contributed by atoms with Crippen LogP contribution in [-0.4, -0.2) is 226 Å². The van der Waals surface area contributed by atoms with E-state index in [-0.39, 0.29) is 70.0 Å². The van der Waals surface area contributed by atoms with Crippen LogP contribution in [0.5, 0.6) is 0 Å². The highest BCUT2D eigenvalue weighted by Crippen LogP contribution is 2.20. The molecule has 0 bridgehead atoms. The van der Waals surface area contributed by atoms with Crippen LogP contribution in [0.25, 0.3) is 10.9 Å². The van der Waals surface area contributed by atoms with E-state index in [1.54, 1.807) is 102 Å². The van der Waals surface area contributed by atoms with E-state index in [0.717, 1.165) is 32.1 Å². The Balaban J connectivity index is 1.85. The largest absolute Gasteiger partial charge is 0.481 e. The number of aromatic amines is 1. The van der Waals surface area contributed by atoms with Gasteiger partial charge in [-0.05, 0) is 93.6 Å². The second kappa shape index (κ2) is 49.0. The third-order valence-electron chi connectivity index (χ3n) is 18.1. The maximum absolute atomic E-state index is 14.5. The van der Waals surface area contributed by atoms with Crippen LogP contribution in [0.2, 0.25) is 0 Å². The van der Waals surface area contributed by atoms with Gasteiger partial charge in [0.05, 0.1) is 19.8 Å². The smallest absolute Gasteiger partial charge is 0.325 e. The SMILES string of the molecule is CCCCCCCCC(=O)N[C@@H](C(=O)N[C@H](CCN)C(=O)NCC(=O)N[C@H](CO)C(=O)N[C@H](Cc1c[nH]c2ccccc12)C(=O)N[C@@H](CO)C(=O)N[C@@H](CCN)C(=O)N[C@H](CCN)C(=O)N[C@@H](Cc1ccccc1)C(=O)N[C@@H](CCC(=O)O)C(=O)N[C@H](C(=O)N[C@@H](C(=O)N[C@@H](C)C(=O)O)[C@@H](C)CC)C(C)C)C(C)C. The first kappa shape index (κ1) is 93.0. The number of H-pyrrole nitrogens is 1. The van der Waals surface area contributed by atoms with Gasteiger partial charge in [-0.25, -0.2) is 0 Å². The number of carbonyl (C=O) groups is 15. The van der Waals surface area contributed by atoms with Gasteiger partial charge in [0.1, 0.15) is 72.5 Å². The van der Waals surface area contributed by atoms with Crippen LogP contribution in [0.1, 0.15) is 150 Å². The molecular formula is C73H115N17O19. The second-order valence-electron chi connectivity index (χ2n) is 27.5. The van der Waals surface area contributed by atoms with Gasteiger partial charge in [0, 0.05) is 42.8 Å². The Bertz CT molecular complexity index is 3510. The number of hydrogen-bond acceptors (Lipinski definition) is 20. The Morgan fingerprint density at radius 1 is 0.413 bits per heavy atom. The van der Waals surface area contributed by atoms with E-state index in [1.807, 2.05) is 0 Å². The van der Waals surface area contributed by atoms with Gasteiger partial charge in [-0.15, -0.1) is 0 Å². The summed E-state index contributed by atoms with van der Waals surface area (Å²) in [5.74, 6) is -16.3. The predicted molar refractivity (Wildman–Crippen MR) is 401 cm³/mol. The molecule has 0 unspecified atom stereocenters. The van der Waals surface area contributed by atoms with E-state index in [9.17, 15) is 92.3 Å². The molecule has 0 aliphatic carbocycles. The lowest BCUT2D eigenvalue weighted by Gasteiger charge is -2.30. The quantitative estimate of drug-likeness (QED) is 0.0250. The van der Waals surface area contributed by atoms with Crippen LogP contribution in [0.15, 0.2) is 60.8 Å². The molecule has 0 fully saturated rings. The minimum absolute atomic E-state index is 0.0713. The Morgan fingerprint density at radius 2 is 0.835 bits per heavy atom. The number of aromatic nitrogens is 1. The fraction of sp³-hybridized carbons (Fsp3) is 0.603. The monoisotopic (exact) mass is 1530 g/mol. The molecule has 606 valence electrons. The summed E-state index contributed by atoms with van der Waals surface area (Å²) >= 11 is 0. The van der Waals surface area contributed by atoms with Crippen LogP contribution in [-0.2, 0) is 84.8 Å². The number of aliphatic hydroxyl groups is 2. The molecule has 36 heteroatoms. The van der Waals surface area contributed by atoms with E-state index in [0.29, 0.717) is 34.9 Å². The van der Waals surface area contributed by atoms with Crippen molar-refractivity contribution in [3.05, 3.63) is 71.9 Å². The number of unbranched alkanes of at least 4 members (excludes halogenated alkanes) is 5. The van der Waals surface area contributed by atoms with Gasteiger partial charge < -0.3 is 112 Å². The molecule has 2 aromatic carbocycles. The van der Waals surface area contributed by atoms with Gasteiger partial charge in [-0.1, -0.05) is 136 Å². The normalized spacial score (nSPS) is 14.8. The number of aliphatic hydroxyl groups excluding tert-OH is 2. The van der Waals surface area contributed by atoms with Crippen molar-refractivity contribution in [3.8, 4) is 0 Å². The van der Waals surface area contributed by atoms with E-state index in [4.69, 9.17) is 17.2 Å². The number of nitrogens with one attached hydrogen (secondary N) is 14. The molecule has 0 aliphatic rings. The molecule has 13 amide bonds. The lowest BCUT2D eigenvalue weighted by atomic mass is 9.96. The molecule has 24 N–H and O–H groups in total. The van der Waals surface area contributed by atoms with Crippen molar-refractivity contribution < 1.29 is 92.3 Å². The Labute approximate surface area is 634 Å². The molecule has 13 atom stereocenters. The summed E-state index contributed by atoms with van der Waals surface area (Å²) in [5.41, 5.74) is 19.2. The minimum Gasteiger partial charge on any atom is -0.481 e. The molecule has 0 saturated heterocycles. The zero-order chi connectivity index (χ0) is 81.4. The number of aliphatic carboxylic acids is 2. The maximum Gasteiger partial charge on any atom is 0.325 e. The van der Waals surface area contributed by atoms with Crippen molar-refractivity contribution >= 4 is 99.6 Å². The fourth-order valence-corrected chi connectivity index (χ4v) is 11.4. The second-order valence-corrected chi connectivity index (χ2v) is 27.5. The lowest BCUT2D eigenvalue weighted by molar-refractivity contribution is -0.142. The average Bonchev–Trinajstić information content (AvgIpc) is 1.75. The van der Waals surface area contributed by atoms with Crippen molar-refractivity contribution in [1.29, 1.82) is 0 Å². The molecule has 3 rings (SSSR count). The predicted octanol–water partition coefficient (Wildman–Crippen LogP) is -3.00. The van der Waals surface area contributed by atoms with Crippen molar-refractivity contribution in [2.75, 3.05) is 39.4 Å². The number of carbonyl (C=O) groups excluding carboxylic acids is 13. The lowest BCUT2D eigenvalue weighted by Crippen LogP contribution is -2.62. The zero-order valence-electron chi connectivity index (χ0n) is 63.4. The number of rotatable bonds is 52. The Hall–Kier alpha value is -10.2. The van der Waals surface area contributed by atoms with Crippen molar-refractivity contribution in [2.45, 2.75) is 224 Å². The average molecular weight is 1530 g/mol. The number of nitrogens with two attached hydrogens (primary N) is 3. The first-order chi connectivity index (χ1) is 51.8. The van der Waals surface area contributed by atoms with Crippen molar-refractivity contribution in [3.63, 3.8) is 0 Å². The molecule has 36 nitrogen and oxygen atoms in total. The number of para-hydroxylation sites is 1. The molecule has 0 radical (unpaired) electrons.